The number of nitro benzene ring substituents is 1. The van der Waals surface area contributed by atoms with Crippen LogP contribution >= 0.6 is 0 Å². The molecule has 0 atom stereocenters. The number of rotatable bonds is 5. The third kappa shape index (κ3) is 4.29. The van der Waals surface area contributed by atoms with Gasteiger partial charge in [-0.15, -0.1) is 0 Å². The van der Waals surface area contributed by atoms with Crippen LogP contribution in [-0.4, -0.2) is 15.7 Å². The fourth-order valence-corrected chi connectivity index (χ4v) is 3.02. The number of halogens is 3. The van der Waals surface area contributed by atoms with E-state index >= 15 is 0 Å². The van der Waals surface area contributed by atoms with Gasteiger partial charge in [0, 0.05) is 28.7 Å². The van der Waals surface area contributed by atoms with Gasteiger partial charge in [0.15, 0.2) is 0 Å². The molecule has 0 aliphatic carbocycles. The molecule has 29 heavy (non-hydrogen) atoms. The number of hydrogen-bond acceptors (Lipinski definition) is 4. The van der Waals surface area contributed by atoms with E-state index in [2.05, 4.69) is 10.5 Å². The van der Waals surface area contributed by atoms with E-state index in [1.54, 1.807) is 0 Å². The van der Waals surface area contributed by atoms with E-state index in [4.69, 9.17) is 0 Å². The lowest BCUT2D eigenvalue weighted by Crippen LogP contribution is -2.06. The Morgan fingerprint density at radius 3 is 2.41 bits per heavy atom. The van der Waals surface area contributed by atoms with E-state index in [-0.39, 0.29) is 5.69 Å². The molecule has 1 N–H and O–H groups in total. The lowest BCUT2D eigenvalue weighted by atomic mass is 10.1. The van der Waals surface area contributed by atoms with Gasteiger partial charge in [-0.3, -0.25) is 15.5 Å². The zero-order chi connectivity index (χ0) is 21.2. The predicted octanol–water partition coefficient (Wildman–Crippen LogP) is 5.47. The lowest BCUT2D eigenvalue weighted by Gasteiger charge is -2.09. The molecule has 0 spiro atoms. The van der Waals surface area contributed by atoms with E-state index in [1.807, 2.05) is 54.8 Å². The highest BCUT2D eigenvalue weighted by Crippen LogP contribution is 2.35. The Balaban J connectivity index is 1.87. The van der Waals surface area contributed by atoms with Crippen LogP contribution in [0.4, 0.5) is 24.5 Å². The highest BCUT2D eigenvalue weighted by molar-refractivity contribution is 5.83. The summed E-state index contributed by atoms with van der Waals surface area (Å²) >= 11 is 0. The van der Waals surface area contributed by atoms with E-state index in [9.17, 15) is 23.3 Å². The zero-order valence-electron chi connectivity index (χ0n) is 15.6. The molecule has 0 saturated carbocycles. The summed E-state index contributed by atoms with van der Waals surface area (Å²) in [4.78, 5) is 10.3. The van der Waals surface area contributed by atoms with Crippen LogP contribution in [0, 0.1) is 24.0 Å². The molecule has 6 nitrogen and oxygen atoms in total. The SMILES string of the molecule is Cc1cc(/C=N/Nc2ccc(C(F)(F)F)cc2[N+](=O)[O-])c(C)n1-c1ccccc1. The van der Waals surface area contributed by atoms with Gasteiger partial charge in [0.2, 0.25) is 0 Å². The van der Waals surface area contributed by atoms with Crippen LogP contribution in [0.2, 0.25) is 0 Å². The maximum Gasteiger partial charge on any atom is 0.416 e. The van der Waals surface area contributed by atoms with Crippen LogP contribution < -0.4 is 5.43 Å². The molecule has 2 aromatic carbocycles. The minimum Gasteiger partial charge on any atom is -0.318 e. The van der Waals surface area contributed by atoms with Crippen molar-refractivity contribution in [2.24, 2.45) is 5.10 Å². The van der Waals surface area contributed by atoms with E-state index in [1.165, 1.54) is 6.21 Å². The summed E-state index contributed by atoms with van der Waals surface area (Å²) in [5.41, 5.74) is 4.17. The number of hydrazone groups is 1. The van der Waals surface area contributed by atoms with E-state index in [0.29, 0.717) is 6.07 Å². The monoisotopic (exact) mass is 402 g/mol. The number of nitro groups is 1. The first-order valence-electron chi connectivity index (χ1n) is 8.57. The third-order valence-corrected chi connectivity index (χ3v) is 4.40. The summed E-state index contributed by atoms with van der Waals surface area (Å²) in [5, 5.41) is 15.1. The van der Waals surface area contributed by atoms with Crippen molar-refractivity contribution in [3.05, 3.63) is 87.2 Å². The largest absolute Gasteiger partial charge is 0.416 e. The van der Waals surface area contributed by atoms with Crippen LogP contribution in [0.15, 0.2) is 59.7 Å². The highest BCUT2D eigenvalue weighted by Gasteiger charge is 2.33. The first-order valence-corrected chi connectivity index (χ1v) is 8.57. The smallest absolute Gasteiger partial charge is 0.318 e. The predicted molar refractivity (Wildman–Crippen MR) is 105 cm³/mol. The van der Waals surface area contributed by atoms with Gasteiger partial charge in [-0.1, -0.05) is 18.2 Å². The molecule has 1 aromatic heterocycles. The van der Waals surface area contributed by atoms with Crippen LogP contribution in [0.3, 0.4) is 0 Å². The molecule has 9 heteroatoms. The van der Waals surface area contributed by atoms with Crippen molar-refractivity contribution in [3.8, 4) is 5.69 Å². The maximum atomic E-state index is 12.8. The van der Waals surface area contributed by atoms with Crippen LogP contribution in [0.1, 0.15) is 22.5 Å². The molecule has 0 amide bonds. The number of benzene rings is 2. The van der Waals surface area contributed by atoms with E-state index in [0.717, 1.165) is 34.8 Å². The summed E-state index contributed by atoms with van der Waals surface area (Å²) < 4.78 is 40.4. The molecule has 3 aromatic rings. The number of alkyl halides is 3. The van der Waals surface area contributed by atoms with Crippen molar-refractivity contribution < 1.29 is 18.1 Å². The van der Waals surface area contributed by atoms with Crippen molar-refractivity contribution in [1.29, 1.82) is 0 Å². The Bertz CT molecular complexity index is 1070. The fourth-order valence-electron chi connectivity index (χ4n) is 3.02. The van der Waals surface area contributed by atoms with Crippen molar-refractivity contribution in [1.82, 2.24) is 4.57 Å². The quantitative estimate of drug-likeness (QED) is 0.350. The number of nitrogens with one attached hydrogen (secondary N) is 1. The fraction of sp³-hybridized carbons (Fsp3) is 0.150. The second-order valence-electron chi connectivity index (χ2n) is 6.35. The van der Waals surface area contributed by atoms with Crippen molar-refractivity contribution in [3.63, 3.8) is 0 Å². The topological polar surface area (TPSA) is 72.5 Å². The van der Waals surface area contributed by atoms with Gasteiger partial charge < -0.3 is 4.57 Å². The normalized spacial score (nSPS) is 11.8. The lowest BCUT2D eigenvalue weighted by molar-refractivity contribution is -0.384. The maximum absolute atomic E-state index is 12.8. The molecule has 150 valence electrons. The van der Waals surface area contributed by atoms with Crippen molar-refractivity contribution in [2.45, 2.75) is 20.0 Å². The van der Waals surface area contributed by atoms with Gasteiger partial charge in [0.1, 0.15) is 5.69 Å². The number of aromatic nitrogens is 1. The minimum absolute atomic E-state index is 0.129. The standard InChI is InChI=1S/C20H17F3N4O2/c1-13-10-15(14(2)26(13)17-6-4-3-5-7-17)12-24-25-18-9-8-16(20(21,22)23)11-19(18)27(28)29/h3-12,25H,1-2H3/b24-12+. The highest BCUT2D eigenvalue weighted by atomic mass is 19.4. The number of anilines is 1. The molecule has 0 aliphatic heterocycles. The van der Waals surface area contributed by atoms with Crippen LogP contribution in [0.5, 0.6) is 0 Å². The molecule has 0 saturated heterocycles. The van der Waals surface area contributed by atoms with Crippen molar-refractivity contribution in [2.75, 3.05) is 5.43 Å². The Morgan fingerprint density at radius 1 is 1.10 bits per heavy atom. The molecular weight excluding hydrogens is 385 g/mol. The average molecular weight is 402 g/mol. The summed E-state index contributed by atoms with van der Waals surface area (Å²) in [6, 6.07) is 13.8. The first kappa shape index (κ1) is 20.1. The second kappa shape index (κ2) is 7.78. The Kier molecular flexibility index (Phi) is 5.40. The number of hydrogen-bond donors (Lipinski definition) is 1. The number of aryl methyl sites for hydroxylation is 1. The molecule has 3 rings (SSSR count). The molecule has 0 fully saturated rings. The van der Waals surface area contributed by atoms with Gasteiger partial charge in [0.25, 0.3) is 5.69 Å². The summed E-state index contributed by atoms with van der Waals surface area (Å²) in [6.07, 6.45) is -3.19. The third-order valence-electron chi connectivity index (χ3n) is 4.40. The number of para-hydroxylation sites is 1. The van der Waals surface area contributed by atoms with Gasteiger partial charge >= 0.3 is 6.18 Å². The summed E-state index contributed by atoms with van der Waals surface area (Å²) in [5.74, 6) is 0. The van der Waals surface area contributed by atoms with Gasteiger partial charge in [-0.2, -0.15) is 18.3 Å². The molecule has 1 heterocycles. The van der Waals surface area contributed by atoms with Crippen LogP contribution in [-0.2, 0) is 6.18 Å². The molecule has 0 unspecified atom stereocenters. The Morgan fingerprint density at radius 2 is 1.79 bits per heavy atom. The summed E-state index contributed by atoms with van der Waals surface area (Å²) in [7, 11) is 0. The minimum atomic E-state index is -4.67. The average Bonchev–Trinajstić information content (AvgIpc) is 2.95. The number of nitrogens with zero attached hydrogens (tertiary/aromatic N) is 3. The zero-order valence-corrected chi connectivity index (χ0v) is 15.6. The van der Waals surface area contributed by atoms with Crippen LogP contribution in [0.25, 0.3) is 5.69 Å². The molecule has 0 aliphatic rings. The van der Waals surface area contributed by atoms with Gasteiger partial charge in [-0.05, 0) is 44.2 Å². The molecular formula is C20H17F3N4O2. The van der Waals surface area contributed by atoms with Gasteiger partial charge in [-0.25, -0.2) is 0 Å². The summed E-state index contributed by atoms with van der Waals surface area (Å²) in [6.45, 7) is 3.84. The van der Waals surface area contributed by atoms with Gasteiger partial charge in [0.05, 0.1) is 16.7 Å². The van der Waals surface area contributed by atoms with E-state index < -0.39 is 22.4 Å². The molecule has 0 radical (unpaired) electrons. The van der Waals surface area contributed by atoms with Crippen molar-refractivity contribution >= 4 is 17.6 Å². The Hall–Kier alpha value is -3.62. The first-order chi connectivity index (χ1) is 13.7. The second-order valence-corrected chi connectivity index (χ2v) is 6.35. The molecule has 0 bridgehead atoms. The Labute approximate surface area is 164 Å².